The number of carbonyl (C=O) groups is 2. The van der Waals surface area contributed by atoms with Crippen LogP contribution in [0.4, 0.5) is 0 Å². The van der Waals surface area contributed by atoms with Crippen molar-refractivity contribution in [2.75, 3.05) is 39.3 Å². The van der Waals surface area contributed by atoms with Crippen molar-refractivity contribution in [3.63, 3.8) is 0 Å². The lowest BCUT2D eigenvalue weighted by Gasteiger charge is -2.13. The first kappa shape index (κ1) is 26.3. The predicted molar refractivity (Wildman–Crippen MR) is 107 cm³/mol. The van der Waals surface area contributed by atoms with E-state index < -0.39 is 11.9 Å². The van der Waals surface area contributed by atoms with E-state index >= 15 is 0 Å². The molecular formula is C20H36N2O4. The van der Waals surface area contributed by atoms with Crippen LogP contribution in [0.2, 0.25) is 0 Å². The molecule has 0 fully saturated rings. The molecule has 0 bridgehead atoms. The summed E-state index contributed by atoms with van der Waals surface area (Å²) in [6.07, 6.45) is 0. The number of aromatic carboxylic acids is 2. The largest absolute Gasteiger partial charge is 0.478 e. The lowest BCUT2D eigenvalue weighted by atomic mass is 10.1. The number of rotatable bonds is 8. The third-order valence-electron chi connectivity index (χ3n) is 4.07. The van der Waals surface area contributed by atoms with E-state index in [2.05, 4.69) is 51.3 Å². The molecule has 0 atom stereocenters. The van der Waals surface area contributed by atoms with Crippen LogP contribution in [-0.4, -0.2) is 71.2 Å². The van der Waals surface area contributed by atoms with Gasteiger partial charge < -0.3 is 20.0 Å². The van der Waals surface area contributed by atoms with Crippen LogP contribution in [0, 0.1) is 0 Å². The third-order valence-corrected chi connectivity index (χ3v) is 4.07. The second-order valence-electron chi connectivity index (χ2n) is 5.39. The second-order valence-corrected chi connectivity index (χ2v) is 5.39. The van der Waals surface area contributed by atoms with Crippen molar-refractivity contribution >= 4 is 11.9 Å². The highest BCUT2D eigenvalue weighted by atomic mass is 16.4. The zero-order chi connectivity index (χ0) is 20.5. The Bertz CT molecular complexity index is 442. The van der Waals surface area contributed by atoms with Gasteiger partial charge >= 0.3 is 11.9 Å². The van der Waals surface area contributed by atoms with Crippen LogP contribution in [0.3, 0.4) is 0 Å². The average Bonchev–Trinajstić information content (AvgIpc) is 2.65. The summed E-state index contributed by atoms with van der Waals surface area (Å²) in [5, 5.41) is 17.1. The van der Waals surface area contributed by atoms with Gasteiger partial charge in [-0.3, -0.25) is 0 Å². The van der Waals surface area contributed by atoms with E-state index in [1.54, 1.807) is 0 Å². The van der Waals surface area contributed by atoms with Gasteiger partial charge in [-0.25, -0.2) is 9.59 Å². The Morgan fingerprint density at radius 3 is 1.00 bits per heavy atom. The van der Waals surface area contributed by atoms with Crippen molar-refractivity contribution in [3.8, 4) is 0 Å². The van der Waals surface area contributed by atoms with Gasteiger partial charge in [0, 0.05) is 0 Å². The minimum atomic E-state index is -1.23. The molecule has 0 saturated heterocycles. The molecule has 6 nitrogen and oxygen atoms in total. The molecule has 1 rings (SSSR count). The van der Waals surface area contributed by atoms with Gasteiger partial charge in [0.2, 0.25) is 0 Å². The number of carboxylic acids is 2. The summed E-state index contributed by atoms with van der Waals surface area (Å²) in [5.74, 6) is -2.46. The molecule has 26 heavy (non-hydrogen) atoms. The summed E-state index contributed by atoms with van der Waals surface area (Å²) in [4.78, 5) is 25.7. The van der Waals surface area contributed by atoms with Crippen molar-refractivity contribution in [1.82, 2.24) is 9.80 Å². The SMILES string of the molecule is CCN(CC)CC.CCN(CC)CC.O=C(O)c1ccccc1C(=O)O. The first-order valence-electron chi connectivity index (χ1n) is 9.32. The fourth-order valence-electron chi connectivity index (χ4n) is 2.20. The molecular weight excluding hydrogens is 332 g/mol. The monoisotopic (exact) mass is 368 g/mol. The minimum absolute atomic E-state index is 0.190. The molecule has 0 spiro atoms. The Kier molecular flexibility index (Phi) is 16.7. The molecule has 0 saturated carbocycles. The van der Waals surface area contributed by atoms with Crippen molar-refractivity contribution in [2.45, 2.75) is 41.5 Å². The molecule has 0 aromatic heterocycles. The van der Waals surface area contributed by atoms with E-state index in [0.717, 1.165) is 0 Å². The van der Waals surface area contributed by atoms with E-state index in [0.29, 0.717) is 0 Å². The minimum Gasteiger partial charge on any atom is -0.478 e. The number of nitrogens with zero attached hydrogens (tertiary/aromatic N) is 2. The molecule has 150 valence electrons. The fourth-order valence-corrected chi connectivity index (χ4v) is 2.20. The summed E-state index contributed by atoms with van der Waals surface area (Å²) >= 11 is 0. The highest BCUT2D eigenvalue weighted by molar-refractivity contribution is 6.01. The first-order valence-corrected chi connectivity index (χ1v) is 9.32. The van der Waals surface area contributed by atoms with Crippen LogP contribution in [-0.2, 0) is 0 Å². The van der Waals surface area contributed by atoms with Crippen LogP contribution in [0.25, 0.3) is 0 Å². The number of hydrogen-bond donors (Lipinski definition) is 2. The lowest BCUT2D eigenvalue weighted by molar-refractivity contribution is 0.0651. The maximum Gasteiger partial charge on any atom is 0.336 e. The number of hydrogen-bond acceptors (Lipinski definition) is 4. The van der Waals surface area contributed by atoms with Crippen LogP contribution < -0.4 is 0 Å². The van der Waals surface area contributed by atoms with Crippen molar-refractivity contribution < 1.29 is 19.8 Å². The van der Waals surface area contributed by atoms with E-state index in [4.69, 9.17) is 10.2 Å². The van der Waals surface area contributed by atoms with Gasteiger partial charge in [-0.05, 0) is 51.4 Å². The topological polar surface area (TPSA) is 81.1 Å². The van der Waals surface area contributed by atoms with Crippen molar-refractivity contribution in [3.05, 3.63) is 35.4 Å². The molecule has 0 aliphatic heterocycles. The molecule has 0 aliphatic carbocycles. The summed E-state index contributed by atoms with van der Waals surface area (Å²) < 4.78 is 0. The first-order chi connectivity index (χ1) is 12.3. The smallest absolute Gasteiger partial charge is 0.336 e. The standard InChI is InChI=1S/C8H6O4.2C6H15N/c9-7(10)5-3-1-2-4-6(5)8(11)12;2*1-4-7(5-2)6-3/h1-4H,(H,9,10)(H,11,12);2*4-6H2,1-3H3. The normalized spacial score (nSPS) is 9.85. The van der Waals surface area contributed by atoms with E-state index in [1.807, 2.05) is 0 Å². The molecule has 2 N–H and O–H groups in total. The quantitative estimate of drug-likeness (QED) is 0.727. The average molecular weight is 369 g/mol. The summed E-state index contributed by atoms with van der Waals surface area (Å²) in [6, 6.07) is 5.48. The fraction of sp³-hybridized carbons (Fsp3) is 0.600. The molecule has 0 unspecified atom stereocenters. The molecule has 0 amide bonds. The molecule has 0 aliphatic rings. The number of benzene rings is 1. The zero-order valence-corrected chi connectivity index (χ0v) is 17.2. The summed E-state index contributed by atoms with van der Waals surface area (Å²) in [6.45, 7) is 20.2. The van der Waals surface area contributed by atoms with Crippen LogP contribution in [0.15, 0.2) is 24.3 Å². The maximum atomic E-state index is 10.5. The van der Waals surface area contributed by atoms with Crippen LogP contribution >= 0.6 is 0 Å². The van der Waals surface area contributed by atoms with Gasteiger partial charge in [-0.1, -0.05) is 53.7 Å². The molecule has 0 heterocycles. The molecule has 0 radical (unpaired) electrons. The van der Waals surface area contributed by atoms with Crippen molar-refractivity contribution in [1.29, 1.82) is 0 Å². The van der Waals surface area contributed by atoms with Gasteiger partial charge in [0.05, 0.1) is 11.1 Å². The summed E-state index contributed by atoms with van der Waals surface area (Å²) in [7, 11) is 0. The molecule has 6 heteroatoms. The Balaban J connectivity index is 0. The lowest BCUT2D eigenvalue weighted by Crippen LogP contribution is -2.21. The van der Waals surface area contributed by atoms with Gasteiger partial charge in [0.15, 0.2) is 0 Å². The van der Waals surface area contributed by atoms with Crippen molar-refractivity contribution in [2.24, 2.45) is 0 Å². The van der Waals surface area contributed by atoms with E-state index in [9.17, 15) is 9.59 Å². The van der Waals surface area contributed by atoms with Gasteiger partial charge in [-0.2, -0.15) is 0 Å². The Morgan fingerprint density at radius 2 is 0.885 bits per heavy atom. The predicted octanol–water partition coefficient (Wildman–Crippen LogP) is 3.78. The Morgan fingerprint density at radius 1 is 0.654 bits per heavy atom. The van der Waals surface area contributed by atoms with E-state index in [1.165, 1.54) is 63.5 Å². The highest BCUT2D eigenvalue weighted by Crippen LogP contribution is 2.07. The summed E-state index contributed by atoms with van der Waals surface area (Å²) in [5.41, 5.74) is -0.380. The van der Waals surface area contributed by atoms with Crippen LogP contribution in [0.5, 0.6) is 0 Å². The van der Waals surface area contributed by atoms with Gasteiger partial charge in [-0.15, -0.1) is 0 Å². The van der Waals surface area contributed by atoms with Gasteiger partial charge in [0.25, 0.3) is 0 Å². The molecule has 1 aromatic carbocycles. The zero-order valence-electron chi connectivity index (χ0n) is 17.2. The van der Waals surface area contributed by atoms with E-state index in [-0.39, 0.29) is 11.1 Å². The Labute approximate surface area is 158 Å². The Hall–Kier alpha value is -1.92. The van der Waals surface area contributed by atoms with Crippen LogP contribution in [0.1, 0.15) is 62.3 Å². The third kappa shape index (κ3) is 11.6. The maximum absolute atomic E-state index is 10.5. The highest BCUT2D eigenvalue weighted by Gasteiger charge is 2.13. The second kappa shape index (κ2) is 16.5. The van der Waals surface area contributed by atoms with Gasteiger partial charge in [0.1, 0.15) is 0 Å². The number of carboxylic acid groups (broad SMARTS) is 2. The molecule has 1 aromatic rings.